The molecule has 0 amide bonds. The number of hydrogen-bond acceptors (Lipinski definition) is 2. The van der Waals surface area contributed by atoms with Gasteiger partial charge < -0.3 is 9.13 Å². The predicted octanol–water partition coefficient (Wildman–Crippen LogP) is 9.75. The van der Waals surface area contributed by atoms with Crippen LogP contribution in [0, 0.1) is 24.5 Å². The molecule has 40 heavy (non-hydrogen) atoms. The van der Waals surface area contributed by atoms with Gasteiger partial charge in [0, 0.05) is 24.2 Å². The normalized spacial score (nSPS) is 13.3. The molecule has 4 nitrogen and oxygen atoms in total. The van der Waals surface area contributed by atoms with E-state index in [0.717, 1.165) is 35.2 Å². The Balaban J connectivity index is 1.40. The van der Waals surface area contributed by atoms with Crippen LogP contribution < -0.4 is 0 Å². The van der Waals surface area contributed by atoms with Crippen LogP contribution in [0.2, 0.25) is 0 Å². The first-order valence-corrected chi connectivity index (χ1v) is 15.5. The minimum Gasteiger partial charge on any atom is -0.321 e. The second-order valence-electron chi connectivity index (χ2n) is 11.4. The van der Waals surface area contributed by atoms with E-state index >= 15 is 0 Å². The molecule has 2 radical (unpaired) electrons. The van der Waals surface area contributed by atoms with Crippen molar-refractivity contribution in [2.24, 2.45) is 11.8 Å². The summed E-state index contributed by atoms with van der Waals surface area (Å²) in [5, 5.41) is 0. The van der Waals surface area contributed by atoms with Gasteiger partial charge in [0.25, 0.3) is 0 Å². The first-order valence-electron chi connectivity index (χ1n) is 15.5. The molecule has 0 aliphatic carbocycles. The lowest BCUT2D eigenvalue weighted by Crippen LogP contribution is -2.09. The van der Waals surface area contributed by atoms with Crippen LogP contribution in [-0.4, -0.2) is 19.1 Å². The Morgan fingerprint density at radius 3 is 1.40 bits per heavy atom. The monoisotopic (exact) mass is 532 g/mol. The van der Waals surface area contributed by atoms with Gasteiger partial charge in [-0.3, -0.25) is 0 Å². The van der Waals surface area contributed by atoms with E-state index in [1.165, 1.54) is 73.5 Å². The number of unbranched alkanes of at least 4 members (excludes halogenated alkanes) is 2. The Labute approximate surface area is 240 Å². The van der Waals surface area contributed by atoms with Crippen LogP contribution in [0.15, 0.2) is 60.7 Å². The Morgan fingerprint density at radius 2 is 1.02 bits per heavy atom. The summed E-state index contributed by atoms with van der Waals surface area (Å²) in [6, 6.07) is 21.9. The number of nitrogens with zero attached hydrogens (tertiary/aromatic N) is 4. The van der Waals surface area contributed by atoms with E-state index in [0.29, 0.717) is 11.8 Å². The van der Waals surface area contributed by atoms with Gasteiger partial charge in [0.05, 0.1) is 22.1 Å². The summed E-state index contributed by atoms with van der Waals surface area (Å²) in [6.07, 6.45) is 16.6. The first-order chi connectivity index (χ1) is 19.7. The summed E-state index contributed by atoms with van der Waals surface area (Å²) in [4.78, 5) is 9.51. The van der Waals surface area contributed by atoms with Crippen LogP contribution in [0.3, 0.4) is 0 Å². The van der Waals surface area contributed by atoms with Gasteiger partial charge in [-0.15, -0.1) is 0 Å². The molecule has 2 aromatic heterocycles. The molecule has 0 spiro atoms. The van der Waals surface area contributed by atoms with Crippen molar-refractivity contribution in [3.05, 3.63) is 73.3 Å². The largest absolute Gasteiger partial charge is 0.321 e. The van der Waals surface area contributed by atoms with Gasteiger partial charge in [0.1, 0.15) is 0 Å². The van der Waals surface area contributed by atoms with E-state index in [1.807, 2.05) is 0 Å². The number of hydrogen-bond donors (Lipinski definition) is 0. The summed E-state index contributed by atoms with van der Waals surface area (Å²) in [5.41, 5.74) is 9.09. The smallest absolute Gasteiger partial charge is 0.177 e. The SMILES string of the molecule is CCCCC(CC)Cn1[c]nc2c(-c3ccc(-c4cccc5c4n[c]n5CC(CC)CCCC)cc3)cccc21. The third-order valence-electron chi connectivity index (χ3n) is 8.65. The van der Waals surface area contributed by atoms with Gasteiger partial charge >= 0.3 is 0 Å². The van der Waals surface area contributed by atoms with Crippen molar-refractivity contribution in [3.8, 4) is 22.3 Å². The maximum atomic E-state index is 4.76. The minimum absolute atomic E-state index is 0.671. The molecule has 208 valence electrons. The number of imidazole rings is 2. The van der Waals surface area contributed by atoms with Crippen molar-refractivity contribution in [1.29, 1.82) is 0 Å². The molecule has 0 aliphatic heterocycles. The topological polar surface area (TPSA) is 35.6 Å². The lowest BCUT2D eigenvalue weighted by Gasteiger charge is -2.15. The van der Waals surface area contributed by atoms with E-state index in [4.69, 9.17) is 9.97 Å². The molecular formula is C36H44N4. The van der Waals surface area contributed by atoms with Gasteiger partial charge in [0.15, 0.2) is 12.7 Å². The van der Waals surface area contributed by atoms with E-state index in [9.17, 15) is 0 Å². The predicted molar refractivity (Wildman–Crippen MR) is 168 cm³/mol. The highest BCUT2D eigenvalue weighted by Gasteiger charge is 2.15. The molecule has 5 rings (SSSR count). The molecule has 2 unspecified atom stereocenters. The molecule has 0 aliphatic rings. The van der Waals surface area contributed by atoms with Crippen LogP contribution in [0.1, 0.15) is 79.1 Å². The number of benzene rings is 3. The van der Waals surface area contributed by atoms with Crippen molar-refractivity contribution < 1.29 is 0 Å². The first kappa shape index (κ1) is 28.1. The summed E-state index contributed by atoms with van der Waals surface area (Å²) in [7, 11) is 0. The van der Waals surface area contributed by atoms with Crippen LogP contribution in [0.5, 0.6) is 0 Å². The molecule has 4 heteroatoms. The van der Waals surface area contributed by atoms with Crippen molar-refractivity contribution >= 4 is 22.1 Å². The third kappa shape index (κ3) is 6.01. The van der Waals surface area contributed by atoms with Gasteiger partial charge in [-0.25, -0.2) is 9.97 Å². The van der Waals surface area contributed by atoms with Crippen molar-refractivity contribution in [1.82, 2.24) is 19.1 Å². The number of aromatic nitrogens is 4. The van der Waals surface area contributed by atoms with Crippen LogP contribution in [-0.2, 0) is 13.1 Å². The zero-order valence-corrected chi connectivity index (χ0v) is 24.8. The Kier molecular flexibility index (Phi) is 9.36. The fourth-order valence-electron chi connectivity index (χ4n) is 5.99. The average Bonchev–Trinajstić information content (AvgIpc) is 3.61. The highest BCUT2D eigenvalue weighted by molar-refractivity contribution is 5.94. The molecule has 2 heterocycles. The minimum atomic E-state index is 0.671. The van der Waals surface area contributed by atoms with Gasteiger partial charge in [-0.1, -0.05) is 115 Å². The van der Waals surface area contributed by atoms with Gasteiger partial charge in [-0.2, -0.15) is 0 Å². The fraction of sp³-hybridized carbons (Fsp3) is 0.444. The molecule has 0 saturated heterocycles. The maximum Gasteiger partial charge on any atom is 0.177 e. The Hall–Kier alpha value is -3.40. The van der Waals surface area contributed by atoms with E-state index in [1.54, 1.807) is 0 Å². The molecule has 0 saturated carbocycles. The fourth-order valence-corrected chi connectivity index (χ4v) is 5.99. The summed E-state index contributed by atoms with van der Waals surface area (Å²) in [5.74, 6) is 1.34. The van der Waals surface area contributed by atoms with Crippen LogP contribution in [0.25, 0.3) is 44.3 Å². The average molecular weight is 533 g/mol. The highest BCUT2D eigenvalue weighted by atomic mass is 15.1. The zero-order valence-electron chi connectivity index (χ0n) is 24.8. The number of rotatable bonds is 14. The van der Waals surface area contributed by atoms with Crippen LogP contribution in [0.4, 0.5) is 0 Å². The van der Waals surface area contributed by atoms with Crippen molar-refractivity contribution in [2.75, 3.05) is 0 Å². The zero-order chi connectivity index (χ0) is 27.9. The van der Waals surface area contributed by atoms with Crippen LogP contribution >= 0.6 is 0 Å². The van der Waals surface area contributed by atoms with Crippen molar-refractivity contribution in [2.45, 2.75) is 92.2 Å². The number of para-hydroxylation sites is 2. The molecule has 0 bridgehead atoms. The Bertz CT molecular complexity index is 1390. The van der Waals surface area contributed by atoms with Gasteiger partial charge in [0.2, 0.25) is 0 Å². The second-order valence-corrected chi connectivity index (χ2v) is 11.4. The van der Waals surface area contributed by atoms with Crippen molar-refractivity contribution in [3.63, 3.8) is 0 Å². The Morgan fingerprint density at radius 1 is 0.600 bits per heavy atom. The quantitative estimate of drug-likeness (QED) is 0.143. The molecular weight excluding hydrogens is 488 g/mol. The van der Waals surface area contributed by atoms with E-state index < -0.39 is 0 Å². The van der Waals surface area contributed by atoms with Gasteiger partial charge in [-0.05, 0) is 47.9 Å². The van der Waals surface area contributed by atoms with E-state index in [-0.39, 0.29) is 0 Å². The third-order valence-corrected chi connectivity index (χ3v) is 8.65. The standard InChI is InChI=1S/C36H44N4/c1-5-9-13-27(7-3)23-39-25-37-35-31(15-11-17-33(35)39)29-19-21-30(22-20-29)32-16-12-18-34-36(32)38-26-40(34)24-28(8-4)14-10-6-2/h11-12,15-22,27-28H,5-10,13-14,23-24H2,1-4H3. The lowest BCUT2D eigenvalue weighted by atomic mass is 9.98. The molecule has 2 atom stereocenters. The maximum absolute atomic E-state index is 4.76. The molecule has 5 aromatic rings. The highest BCUT2D eigenvalue weighted by Crippen LogP contribution is 2.33. The molecule has 0 N–H and O–H groups in total. The second kappa shape index (κ2) is 13.3. The van der Waals surface area contributed by atoms with E-state index in [2.05, 4.69) is 110 Å². The summed E-state index contributed by atoms with van der Waals surface area (Å²) >= 11 is 0. The number of fused-ring (bicyclic) bond motifs is 2. The summed E-state index contributed by atoms with van der Waals surface area (Å²) < 4.78 is 4.46. The lowest BCUT2D eigenvalue weighted by molar-refractivity contribution is 0.394. The summed E-state index contributed by atoms with van der Waals surface area (Å²) in [6.45, 7) is 11.1. The molecule has 3 aromatic carbocycles. The molecule has 0 fully saturated rings.